The second kappa shape index (κ2) is 9.57. The summed E-state index contributed by atoms with van der Waals surface area (Å²) in [4.78, 5) is 7.04. The number of fused-ring (bicyclic) bond motifs is 1. The average molecular weight is 458 g/mol. The minimum Gasteiger partial charge on any atom is -0.497 e. The zero-order valence-electron chi connectivity index (χ0n) is 19.5. The molecule has 7 nitrogen and oxygen atoms in total. The Morgan fingerprint density at radius 2 is 1.65 bits per heavy atom. The van der Waals surface area contributed by atoms with Crippen molar-refractivity contribution in [3.8, 4) is 28.6 Å². The quantitative estimate of drug-likeness (QED) is 0.391. The molecule has 4 aromatic rings. The van der Waals surface area contributed by atoms with Crippen LogP contribution in [-0.4, -0.2) is 42.9 Å². The predicted molar refractivity (Wildman–Crippen MR) is 128 cm³/mol. The van der Waals surface area contributed by atoms with Crippen molar-refractivity contribution in [1.82, 2.24) is 15.0 Å². The van der Waals surface area contributed by atoms with E-state index in [-0.39, 0.29) is 6.04 Å². The van der Waals surface area contributed by atoms with E-state index in [2.05, 4.69) is 51.4 Å². The van der Waals surface area contributed by atoms with Crippen LogP contribution in [0.15, 0.2) is 71.3 Å². The first-order valence-corrected chi connectivity index (χ1v) is 11.2. The molecular formula is C27H27N3O4. The topological polar surface area (TPSA) is 69.9 Å². The van der Waals surface area contributed by atoms with Crippen molar-refractivity contribution in [3.05, 3.63) is 89.3 Å². The second-order valence-electron chi connectivity index (χ2n) is 8.18. The Kier molecular flexibility index (Phi) is 6.18. The van der Waals surface area contributed by atoms with E-state index in [4.69, 9.17) is 18.7 Å². The maximum absolute atomic E-state index is 5.65. The molecule has 0 saturated heterocycles. The number of nitrogens with zero attached hydrogens (tertiary/aromatic N) is 3. The third-order valence-corrected chi connectivity index (χ3v) is 6.24. The number of aromatic nitrogens is 2. The molecule has 0 fully saturated rings. The third kappa shape index (κ3) is 4.22. The minimum absolute atomic E-state index is 0.0288. The summed E-state index contributed by atoms with van der Waals surface area (Å²) in [5, 5.41) is 4.21. The Morgan fingerprint density at radius 1 is 0.912 bits per heavy atom. The van der Waals surface area contributed by atoms with Gasteiger partial charge >= 0.3 is 0 Å². The lowest BCUT2D eigenvalue weighted by Crippen LogP contribution is -2.35. The summed E-state index contributed by atoms with van der Waals surface area (Å²) in [6.45, 7) is 1.39. The summed E-state index contributed by atoms with van der Waals surface area (Å²) in [6, 6.07) is 22.3. The average Bonchev–Trinajstić information content (AvgIpc) is 3.36. The number of hydrogen-bond donors (Lipinski definition) is 0. The number of rotatable bonds is 7. The molecular weight excluding hydrogens is 430 g/mol. The van der Waals surface area contributed by atoms with Gasteiger partial charge in [-0.15, -0.1) is 0 Å². The van der Waals surface area contributed by atoms with Gasteiger partial charge in [0.25, 0.3) is 0 Å². The molecule has 5 rings (SSSR count). The number of ether oxygens (including phenoxy) is 3. The van der Waals surface area contributed by atoms with Gasteiger partial charge in [-0.2, -0.15) is 4.98 Å². The van der Waals surface area contributed by atoms with E-state index in [1.165, 1.54) is 16.7 Å². The lowest BCUT2D eigenvalue weighted by molar-refractivity contribution is 0.177. The fourth-order valence-electron chi connectivity index (χ4n) is 4.54. The van der Waals surface area contributed by atoms with Crippen LogP contribution in [-0.2, 0) is 13.0 Å². The van der Waals surface area contributed by atoms with Crippen LogP contribution in [0.25, 0.3) is 11.4 Å². The lowest BCUT2D eigenvalue weighted by Gasteiger charge is -2.37. The molecule has 0 aliphatic carbocycles. The largest absolute Gasteiger partial charge is 0.497 e. The highest BCUT2D eigenvalue weighted by Crippen LogP contribution is 2.41. The minimum atomic E-state index is 0.0288. The summed E-state index contributed by atoms with van der Waals surface area (Å²) in [5.41, 5.74) is 4.54. The summed E-state index contributed by atoms with van der Waals surface area (Å²) in [6.07, 6.45) is 0.887. The Morgan fingerprint density at radius 3 is 2.35 bits per heavy atom. The fourth-order valence-corrected chi connectivity index (χ4v) is 4.54. The molecule has 0 saturated carbocycles. The number of methoxy groups -OCH3 is 3. The number of hydrogen-bond acceptors (Lipinski definition) is 7. The molecule has 3 aromatic carbocycles. The lowest BCUT2D eigenvalue weighted by atomic mass is 9.87. The summed E-state index contributed by atoms with van der Waals surface area (Å²) < 4.78 is 22.1. The second-order valence-corrected chi connectivity index (χ2v) is 8.18. The van der Waals surface area contributed by atoms with Gasteiger partial charge in [-0.3, -0.25) is 4.90 Å². The van der Waals surface area contributed by atoms with E-state index in [0.29, 0.717) is 18.3 Å². The van der Waals surface area contributed by atoms with Crippen LogP contribution in [0, 0.1) is 0 Å². The zero-order chi connectivity index (χ0) is 23.5. The zero-order valence-corrected chi connectivity index (χ0v) is 19.5. The van der Waals surface area contributed by atoms with Crippen molar-refractivity contribution in [2.24, 2.45) is 0 Å². The van der Waals surface area contributed by atoms with Crippen molar-refractivity contribution >= 4 is 0 Å². The third-order valence-electron chi connectivity index (χ3n) is 6.24. The van der Waals surface area contributed by atoms with Gasteiger partial charge in [-0.05, 0) is 59.5 Å². The van der Waals surface area contributed by atoms with Crippen LogP contribution in [0.4, 0.5) is 0 Å². The standard InChI is InChI=1S/C27H27N3O4/c1-31-21-11-9-19(10-12-21)27-28-25(34-29-27)17-30-14-13-20-15-23(32-2)24(33-3)16-22(20)26(30)18-7-5-4-6-8-18/h4-12,15-16,26H,13-14,17H2,1-3H3/t26-/m1/s1. The molecule has 1 aliphatic rings. The first-order chi connectivity index (χ1) is 16.7. The van der Waals surface area contributed by atoms with Crippen molar-refractivity contribution in [1.29, 1.82) is 0 Å². The first-order valence-electron chi connectivity index (χ1n) is 11.2. The van der Waals surface area contributed by atoms with Gasteiger partial charge in [0, 0.05) is 12.1 Å². The van der Waals surface area contributed by atoms with Crippen molar-refractivity contribution in [2.75, 3.05) is 27.9 Å². The molecule has 174 valence electrons. The highest BCUT2D eigenvalue weighted by molar-refractivity contribution is 5.55. The Labute approximate surface area is 198 Å². The maximum atomic E-state index is 5.65. The van der Waals surface area contributed by atoms with Gasteiger partial charge in [0.15, 0.2) is 11.5 Å². The van der Waals surface area contributed by atoms with Gasteiger partial charge in [0.2, 0.25) is 11.7 Å². The molecule has 0 radical (unpaired) electrons. The number of benzene rings is 3. The molecule has 2 heterocycles. The van der Waals surface area contributed by atoms with Crippen LogP contribution in [0.3, 0.4) is 0 Å². The van der Waals surface area contributed by atoms with Gasteiger partial charge in [0.1, 0.15) is 5.75 Å². The van der Waals surface area contributed by atoms with Gasteiger partial charge in [-0.1, -0.05) is 35.5 Å². The SMILES string of the molecule is COc1ccc(-c2noc(CN3CCc4cc(OC)c(OC)cc4[C@H]3c3ccccc3)n2)cc1. The van der Waals surface area contributed by atoms with Gasteiger partial charge in [-0.25, -0.2) is 0 Å². The molecule has 0 spiro atoms. The van der Waals surface area contributed by atoms with E-state index in [0.717, 1.165) is 35.8 Å². The Hall–Kier alpha value is -3.84. The van der Waals surface area contributed by atoms with Crippen LogP contribution in [0.1, 0.15) is 28.6 Å². The fraction of sp³-hybridized carbons (Fsp3) is 0.259. The van der Waals surface area contributed by atoms with Crippen LogP contribution >= 0.6 is 0 Å². The monoisotopic (exact) mass is 457 g/mol. The molecule has 0 unspecified atom stereocenters. The van der Waals surface area contributed by atoms with Gasteiger partial charge < -0.3 is 18.7 Å². The molecule has 1 aliphatic heterocycles. The van der Waals surface area contributed by atoms with Crippen molar-refractivity contribution in [3.63, 3.8) is 0 Å². The van der Waals surface area contributed by atoms with Crippen LogP contribution in [0.5, 0.6) is 17.2 Å². The van der Waals surface area contributed by atoms with E-state index in [9.17, 15) is 0 Å². The normalized spacial score (nSPS) is 15.6. The maximum Gasteiger partial charge on any atom is 0.241 e. The van der Waals surface area contributed by atoms with Gasteiger partial charge in [0.05, 0.1) is 33.9 Å². The predicted octanol–water partition coefficient (Wildman–Crippen LogP) is 4.91. The summed E-state index contributed by atoms with van der Waals surface area (Å²) >= 11 is 0. The smallest absolute Gasteiger partial charge is 0.241 e. The summed E-state index contributed by atoms with van der Waals surface area (Å²) in [5.74, 6) is 3.41. The van der Waals surface area contributed by atoms with E-state index in [1.54, 1.807) is 21.3 Å². The molecule has 34 heavy (non-hydrogen) atoms. The molecule has 1 aromatic heterocycles. The summed E-state index contributed by atoms with van der Waals surface area (Å²) in [7, 11) is 4.98. The molecule has 0 amide bonds. The Balaban J connectivity index is 1.47. The molecule has 0 N–H and O–H groups in total. The van der Waals surface area contributed by atoms with Crippen molar-refractivity contribution in [2.45, 2.75) is 19.0 Å². The highest BCUT2D eigenvalue weighted by Gasteiger charge is 2.31. The molecule has 7 heteroatoms. The van der Waals surface area contributed by atoms with Crippen LogP contribution < -0.4 is 14.2 Å². The Bertz CT molecular complexity index is 1250. The highest BCUT2D eigenvalue weighted by atomic mass is 16.5. The van der Waals surface area contributed by atoms with Crippen molar-refractivity contribution < 1.29 is 18.7 Å². The van der Waals surface area contributed by atoms with E-state index >= 15 is 0 Å². The van der Waals surface area contributed by atoms with E-state index < -0.39 is 0 Å². The van der Waals surface area contributed by atoms with E-state index in [1.807, 2.05) is 30.3 Å². The molecule has 0 bridgehead atoms. The van der Waals surface area contributed by atoms with Crippen LogP contribution in [0.2, 0.25) is 0 Å². The molecule has 1 atom stereocenters. The first kappa shape index (κ1) is 22.0.